The number of benzene rings is 1. The van der Waals surface area contributed by atoms with Crippen LogP contribution in [0.2, 0.25) is 0 Å². The van der Waals surface area contributed by atoms with Crippen molar-refractivity contribution in [2.24, 2.45) is 5.92 Å². The third-order valence-corrected chi connectivity index (χ3v) is 5.99. The average molecular weight is 442 g/mol. The van der Waals surface area contributed by atoms with Crippen molar-refractivity contribution in [2.75, 3.05) is 51.4 Å². The summed E-state index contributed by atoms with van der Waals surface area (Å²) < 4.78 is 37.4. The van der Waals surface area contributed by atoms with E-state index in [2.05, 4.69) is 30.4 Å². The summed E-state index contributed by atoms with van der Waals surface area (Å²) >= 11 is 0. The molecule has 1 aliphatic rings. The Kier molecular flexibility index (Phi) is 8.52. The summed E-state index contributed by atoms with van der Waals surface area (Å²) in [5.41, 5.74) is 0.648. The number of carbonyl (C=O) groups is 1. The van der Waals surface area contributed by atoms with Gasteiger partial charge in [0, 0.05) is 39.0 Å². The Balaban J connectivity index is 2.44. The minimum Gasteiger partial charge on any atom is -0.491 e. The van der Waals surface area contributed by atoms with E-state index in [0.29, 0.717) is 30.2 Å². The molecule has 0 saturated heterocycles. The maximum atomic E-state index is 13.2. The molecular formula is C21H35N3O5S. The first-order valence-electron chi connectivity index (χ1n) is 10.3. The van der Waals surface area contributed by atoms with Gasteiger partial charge in [-0.25, -0.2) is 8.42 Å². The predicted octanol–water partition coefficient (Wildman–Crippen LogP) is 2.27. The van der Waals surface area contributed by atoms with Crippen LogP contribution < -0.4 is 9.46 Å². The fraction of sp³-hybridized carbons (Fsp3) is 0.667. The van der Waals surface area contributed by atoms with Gasteiger partial charge in [-0.15, -0.1) is 0 Å². The monoisotopic (exact) mass is 441 g/mol. The number of sulfonamides is 1. The number of nitrogens with one attached hydrogen (secondary N) is 1. The lowest BCUT2D eigenvalue weighted by atomic mass is 10.0. The van der Waals surface area contributed by atoms with Crippen LogP contribution >= 0.6 is 0 Å². The number of amides is 1. The Hall–Kier alpha value is -1.84. The van der Waals surface area contributed by atoms with E-state index in [9.17, 15) is 13.2 Å². The number of hydrogen-bond donors (Lipinski definition) is 1. The molecule has 9 heteroatoms. The number of rotatable bonds is 5. The molecule has 8 nitrogen and oxygen atoms in total. The highest BCUT2D eigenvalue weighted by molar-refractivity contribution is 7.92. The standard InChI is InChI=1S/C21H35N3O5S/c1-7-10-24-12-15(2)20(28-5)13-23(4)21(25)18-11-17(22-30(6,26)27)8-9-19(18)29-14-16(24)3/h8-9,11,15-16,20,22H,7,10,12-14H2,1-6H3/t15-,16+,20-/m1/s1. The van der Waals surface area contributed by atoms with Crippen LogP contribution in [0.5, 0.6) is 5.75 Å². The quantitative estimate of drug-likeness (QED) is 0.754. The number of likely N-dealkylation sites (N-methyl/N-ethyl adjacent to an activating group) is 1. The predicted molar refractivity (Wildman–Crippen MR) is 119 cm³/mol. The number of anilines is 1. The van der Waals surface area contributed by atoms with Crippen molar-refractivity contribution < 1.29 is 22.7 Å². The van der Waals surface area contributed by atoms with E-state index in [-0.39, 0.29) is 24.0 Å². The van der Waals surface area contributed by atoms with Crippen molar-refractivity contribution in [3.05, 3.63) is 23.8 Å². The van der Waals surface area contributed by atoms with Gasteiger partial charge in [0.05, 0.1) is 17.9 Å². The van der Waals surface area contributed by atoms with E-state index in [1.807, 2.05) is 0 Å². The number of fused-ring (bicyclic) bond motifs is 1. The minimum atomic E-state index is -3.46. The van der Waals surface area contributed by atoms with E-state index >= 15 is 0 Å². The Labute approximate surface area is 180 Å². The minimum absolute atomic E-state index is 0.119. The number of carbonyl (C=O) groups excluding carboxylic acids is 1. The van der Waals surface area contributed by atoms with Gasteiger partial charge >= 0.3 is 0 Å². The number of nitrogens with zero attached hydrogens (tertiary/aromatic N) is 2. The highest BCUT2D eigenvalue weighted by atomic mass is 32.2. The first-order valence-corrected chi connectivity index (χ1v) is 12.2. The Morgan fingerprint density at radius 3 is 2.57 bits per heavy atom. The SMILES string of the molecule is CCCN1C[C@@H](C)[C@H](OC)CN(C)C(=O)c2cc(NS(C)(=O)=O)ccc2OC[C@@H]1C. The second-order valence-electron chi connectivity index (χ2n) is 8.18. The highest BCUT2D eigenvalue weighted by Gasteiger charge is 2.28. The van der Waals surface area contributed by atoms with Gasteiger partial charge in [0.15, 0.2) is 0 Å². The molecule has 0 aliphatic carbocycles. The van der Waals surface area contributed by atoms with Gasteiger partial charge in [-0.3, -0.25) is 14.4 Å². The molecule has 0 spiro atoms. The van der Waals surface area contributed by atoms with Gasteiger partial charge < -0.3 is 14.4 Å². The molecule has 0 fully saturated rings. The number of hydrogen-bond acceptors (Lipinski definition) is 6. The van der Waals surface area contributed by atoms with Crippen LogP contribution in [-0.4, -0.2) is 82.9 Å². The third kappa shape index (κ3) is 6.58. The Morgan fingerprint density at radius 1 is 1.27 bits per heavy atom. The van der Waals surface area contributed by atoms with E-state index in [1.54, 1.807) is 31.2 Å². The van der Waals surface area contributed by atoms with Gasteiger partial charge in [-0.1, -0.05) is 13.8 Å². The zero-order valence-electron chi connectivity index (χ0n) is 18.8. The van der Waals surface area contributed by atoms with Crippen LogP contribution in [0.3, 0.4) is 0 Å². The van der Waals surface area contributed by atoms with Crippen LogP contribution in [0.1, 0.15) is 37.6 Å². The third-order valence-electron chi connectivity index (χ3n) is 5.39. The fourth-order valence-electron chi connectivity index (χ4n) is 3.73. The van der Waals surface area contributed by atoms with Crippen LogP contribution in [-0.2, 0) is 14.8 Å². The summed E-state index contributed by atoms with van der Waals surface area (Å²) in [5, 5.41) is 0. The molecule has 3 atom stereocenters. The first-order chi connectivity index (χ1) is 14.1. The van der Waals surface area contributed by atoms with Crippen LogP contribution in [0.4, 0.5) is 5.69 Å². The molecule has 0 radical (unpaired) electrons. The Morgan fingerprint density at radius 2 is 1.97 bits per heavy atom. The van der Waals surface area contributed by atoms with Crippen molar-refractivity contribution in [2.45, 2.75) is 39.3 Å². The van der Waals surface area contributed by atoms with Gasteiger partial charge in [0.1, 0.15) is 12.4 Å². The van der Waals surface area contributed by atoms with E-state index in [0.717, 1.165) is 25.8 Å². The molecule has 1 aromatic rings. The summed E-state index contributed by atoms with van der Waals surface area (Å²) in [7, 11) is -0.0668. The van der Waals surface area contributed by atoms with Crippen LogP contribution in [0, 0.1) is 5.92 Å². The van der Waals surface area contributed by atoms with E-state index < -0.39 is 10.0 Å². The smallest absolute Gasteiger partial charge is 0.257 e. The molecule has 0 saturated carbocycles. The second-order valence-corrected chi connectivity index (χ2v) is 9.93. The van der Waals surface area contributed by atoms with Crippen molar-refractivity contribution in [3.63, 3.8) is 0 Å². The van der Waals surface area contributed by atoms with Crippen LogP contribution in [0.15, 0.2) is 18.2 Å². The van der Waals surface area contributed by atoms with Crippen molar-refractivity contribution in [3.8, 4) is 5.75 Å². The molecule has 1 heterocycles. The lowest BCUT2D eigenvalue weighted by Gasteiger charge is -2.35. The molecule has 0 aromatic heterocycles. The molecule has 0 bridgehead atoms. The fourth-order valence-corrected chi connectivity index (χ4v) is 4.28. The molecule has 1 amide bonds. The molecule has 1 aromatic carbocycles. The van der Waals surface area contributed by atoms with E-state index in [1.165, 1.54) is 6.07 Å². The summed E-state index contributed by atoms with van der Waals surface area (Å²) in [6.45, 7) is 9.05. The summed E-state index contributed by atoms with van der Waals surface area (Å²) in [5.74, 6) is 0.420. The number of methoxy groups -OCH3 is 1. The van der Waals surface area contributed by atoms with Gasteiger partial charge in [0.25, 0.3) is 5.91 Å². The average Bonchev–Trinajstić information content (AvgIpc) is 2.67. The topological polar surface area (TPSA) is 88.2 Å². The molecular weight excluding hydrogens is 406 g/mol. The maximum Gasteiger partial charge on any atom is 0.257 e. The second kappa shape index (κ2) is 10.5. The van der Waals surface area contributed by atoms with Crippen LogP contribution in [0.25, 0.3) is 0 Å². The molecule has 1 N–H and O–H groups in total. The lowest BCUT2D eigenvalue weighted by Crippen LogP contribution is -2.46. The van der Waals surface area contributed by atoms with Gasteiger partial charge in [-0.2, -0.15) is 0 Å². The van der Waals surface area contributed by atoms with Gasteiger partial charge in [-0.05, 0) is 44.0 Å². The molecule has 30 heavy (non-hydrogen) atoms. The largest absolute Gasteiger partial charge is 0.491 e. The summed E-state index contributed by atoms with van der Waals surface area (Å²) in [6, 6.07) is 4.93. The Bertz CT molecular complexity index is 830. The van der Waals surface area contributed by atoms with Gasteiger partial charge in [0.2, 0.25) is 10.0 Å². The van der Waals surface area contributed by atoms with Crippen molar-refractivity contribution >= 4 is 21.6 Å². The molecule has 2 rings (SSSR count). The molecule has 170 valence electrons. The lowest BCUT2D eigenvalue weighted by molar-refractivity contribution is 0.0108. The first kappa shape index (κ1) is 24.4. The highest BCUT2D eigenvalue weighted by Crippen LogP contribution is 2.26. The number of ether oxygens (including phenoxy) is 2. The van der Waals surface area contributed by atoms with Crippen molar-refractivity contribution in [1.29, 1.82) is 0 Å². The van der Waals surface area contributed by atoms with E-state index in [4.69, 9.17) is 9.47 Å². The maximum absolute atomic E-state index is 13.2. The zero-order valence-corrected chi connectivity index (χ0v) is 19.7. The summed E-state index contributed by atoms with van der Waals surface area (Å²) in [6.07, 6.45) is 1.99. The summed E-state index contributed by atoms with van der Waals surface area (Å²) in [4.78, 5) is 17.2. The molecule has 0 unspecified atom stereocenters. The molecule has 1 aliphatic heterocycles. The zero-order chi connectivity index (χ0) is 22.5. The van der Waals surface area contributed by atoms with Crippen molar-refractivity contribution in [1.82, 2.24) is 9.80 Å². The normalized spacial score (nSPS) is 24.4.